The molecule has 0 fully saturated rings. The van der Waals surface area contributed by atoms with E-state index in [1.165, 1.54) is 17.7 Å². The number of aryl methyl sites for hydroxylation is 1. The Kier molecular flexibility index (Phi) is 12.4. The van der Waals surface area contributed by atoms with Gasteiger partial charge in [0.15, 0.2) is 0 Å². The standard InChI is InChI=1S/C23H23F6NO4S.C7H8/c1-22(2,3)35(32)30-20(14-5-7-18(25)13(9-14)6-8-19(31)33-4)15-10-16(24)12-17(11-15)34-23(28,29)21(26)27;1-7-5-3-2-4-6-7/h5-12,20-21,30H,1-4H3;2-6H,1H3/b8-6+;. The summed E-state index contributed by atoms with van der Waals surface area (Å²) in [6, 6.07) is 14.9. The van der Waals surface area contributed by atoms with Crippen molar-refractivity contribution < 1.29 is 44.8 Å². The predicted octanol–water partition coefficient (Wildman–Crippen LogP) is 7.52. The molecule has 3 rings (SSSR count). The lowest BCUT2D eigenvalue weighted by atomic mass is 9.97. The van der Waals surface area contributed by atoms with Crippen LogP contribution in [-0.2, 0) is 20.5 Å². The Morgan fingerprint density at radius 3 is 2.12 bits per heavy atom. The second-order valence-electron chi connectivity index (χ2n) is 9.91. The predicted molar refractivity (Wildman–Crippen MR) is 149 cm³/mol. The van der Waals surface area contributed by atoms with E-state index in [4.69, 9.17) is 0 Å². The fraction of sp³-hybridized carbons (Fsp3) is 0.300. The van der Waals surface area contributed by atoms with E-state index in [0.717, 1.165) is 37.5 Å². The molecule has 0 heterocycles. The van der Waals surface area contributed by atoms with E-state index in [0.29, 0.717) is 6.07 Å². The van der Waals surface area contributed by atoms with Crippen molar-refractivity contribution in [2.45, 2.75) is 51.0 Å². The molecule has 0 bridgehead atoms. The molecule has 3 aromatic carbocycles. The van der Waals surface area contributed by atoms with Crippen LogP contribution in [0.5, 0.6) is 5.75 Å². The molecule has 0 aliphatic heterocycles. The van der Waals surface area contributed by atoms with Crippen LogP contribution < -0.4 is 9.46 Å². The summed E-state index contributed by atoms with van der Waals surface area (Å²) < 4.78 is 104. The van der Waals surface area contributed by atoms with Gasteiger partial charge in [0.05, 0.1) is 28.9 Å². The second-order valence-corrected chi connectivity index (χ2v) is 11.9. The lowest BCUT2D eigenvalue weighted by molar-refractivity contribution is -0.253. The Morgan fingerprint density at radius 2 is 1.60 bits per heavy atom. The highest BCUT2D eigenvalue weighted by atomic mass is 32.2. The van der Waals surface area contributed by atoms with Crippen molar-refractivity contribution >= 4 is 23.0 Å². The molecule has 0 spiro atoms. The number of halogens is 6. The number of hydrogen-bond donors (Lipinski definition) is 1. The lowest BCUT2D eigenvalue weighted by Gasteiger charge is -2.26. The molecule has 0 radical (unpaired) electrons. The van der Waals surface area contributed by atoms with Crippen molar-refractivity contribution in [3.05, 3.63) is 107 Å². The zero-order chi connectivity index (χ0) is 31.7. The van der Waals surface area contributed by atoms with Crippen molar-refractivity contribution in [2.24, 2.45) is 0 Å². The third kappa shape index (κ3) is 10.6. The van der Waals surface area contributed by atoms with E-state index in [1.54, 1.807) is 20.8 Å². The molecule has 0 saturated heterocycles. The Morgan fingerprint density at radius 1 is 0.952 bits per heavy atom. The Bertz CT molecular complexity index is 1390. The van der Waals surface area contributed by atoms with E-state index in [-0.39, 0.29) is 16.7 Å². The van der Waals surface area contributed by atoms with Crippen LogP contribution in [0.15, 0.2) is 72.8 Å². The third-order valence-electron chi connectivity index (χ3n) is 5.41. The summed E-state index contributed by atoms with van der Waals surface area (Å²) >= 11 is 0. The Labute approximate surface area is 243 Å². The van der Waals surface area contributed by atoms with Crippen molar-refractivity contribution in [3.63, 3.8) is 0 Å². The van der Waals surface area contributed by atoms with E-state index in [1.807, 2.05) is 18.2 Å². The molecule has 3 aromatic rings. The van der Waals surface area contributed by atoms with E-state index in [2.05, 4.69) is 33.3 Å². The molecule has 0 aliphatic carbocycles. The average Bonchev–Trinajstić information content (AvgIpc) is 2.90. The van der Waals surface area contributed by atoms with Crippen LogP contribution in [-0.4, -0.2) is 34.6 Å². The SMILES string of the molecule is COC(=O)/C=C/c1cc(C(NS(=O)C(C)(C)C)c2cc(F)cc(OC(F)(F)C(F)F)c2)ccc1F.Cc1ccccc1. The van der Waals surface area contributed by atoms with Gasteiger partial charge in [-0.1, -0.05) is 42.0 Å². The van der Waals surface area contributed by atoms with Gasteiger partial charge in [0.25, 0.3) is 0 Å². The largest absolute Gasteiger partial charge is 0.466 e. The molecule has 2 atom stereocenters. The Hall–Kier alpha value is -3.64. The summed E-state index contributed by atoms with van der Waals surface area (Å²) in [5.41, 5.74) is 1.32. The number of alkyl halides is 4. The first kappa shape index (κ1) is 34.6. The fourth-order valence-electron chi connectivity index (χ4n) is 3.25. The van der Waals surface area contributed by atoms with Gasteiger partial charge in [0.2, 0.25) is 0 Å². The van der Waals surface area contributed by atoms with Crippen LogP contribution in [0.2, 0.25) is 0 Å². The minimum atomic E-state index is -4.88. The molecule has 0 saturated carbocycles. The second kappa shape index (κ2) is 15.0. The molecule has 0 aromatic heterocycles. The molecule has 42 heavy (non-hydrogen) atoms. The minimum absolute atomic E-state index is 0.0849. The summed E-state index contributed by atoms with van der Waals surface area (Å²) in [6.45, 7) is 6.98. The highest BCUT2D eigenvalue weighted by molar-refractivity contribution is 7.84. The number of carbonyl (C=O) groups excluding carboxylic acids is 1. The van der Waals surface area contributed by atoms with Crippen molar-refractivity contribution in [2.75, 3.05) is 7.11 Å². The zero-order valence-corrected chi connectivity index (χ0v) is 24.3. The molecule has 2 unspecified atom stereocenters. The molecule has 228 valence electrons. The van der Waals surface area contributed by atoms with Gasteiger partial charge in [-0.25, -0.2) is 22.5 Å². The number of rotatable bonds is 9. The number of ether oxygens (including phenoxy) is 2. The molecule has 0 aliphatic rings. The summed E-state index contributed by atoms with van der Waals surface area (Å²) in [5, 5.41) is 0. The summed E-state index contributed by atoms with van der Waals surface area (Å²) in [5.74, 6) is -3.48. The van der Waals surface area contributed by atoms with Crippen molar-refractivity contribution in [3.8, 4) is 5.75 Å². The topological polar surface area (TPSA) is 64.6 Å². The highest BCUT2D eigenvalue weighted by Crippen LogP contribution is 2.33. The quantitative estimate of drug-likeness (QED) is 0.154. The van der Waals surface area contributed by atoms with E-state index >= 15 is 0 Å². The van der Waals surface area contributed by atoms with Crippen LogP contribution in [0.1, 0.15) is 49.1 Å². The Balaban J connectivity index is 0.000000766. The normalized spacial score (nSPS) is 13.3. The molecule has 1 N–H and O–H groups in total. The maximum atomic E-state index is 14.3. The summed E-state index contributed by atoms with van der Waals surface area (Å²) in [6.07, 6.45) is -6.98. The van der Waals surface area contributed by atoms with Gasteiger partial charge in [-0.3, -0.25) is 0 Å². The van der Waals surface area contributed by atoms with Gasteiger partial charge >= 0.3 is 18.5 Å². The zero-order valence-electron chi connectivity index (χ0n) is 23.5. The molecular formula is C30H31F6NO4S. The monoisotopic (exact) mass is 615 g/mol. The van der Waals surface area contributed by atoms with Crippen LogP contribution >= 0.6 is 0 Å². The summed E-state index contributed by atoms with van der Waals surface area (Å²) in [4.78, 5) is 11.4. The lowest BCUT2D eigenvalue weighted by Crippen LogP contribution is -2.36. The molecular weight excluding hydrogens is 584 g/mol. The smallest absolute Gasteiger partial charge is 0.461 e. The first-order chi connectivity index (χ1) is 19.5. The van der Waals surface area contributed by atoms with Crippen LogP contribution in [0.3, 0.4) is 0 Å². The maximum absolute atomic E-state index is 14.3. The highest BCUT2D eigenvalue weighted by Gasteiger charge is 2.44. The third-order valence-corrected chi connectivity index (χ3v) is 6.97. The van der Waals surface area contributed by atoms with Crippen molar-refractivity contribution in [1.29, 1.82) is 0 Å². The van der Waals surface area contributed by atoms with E-state index in [9.17, 15) is 35.3 Å². The number of benzene rings is 3. The van der Waals surface area contributed by atoms with Gasteiger partial charge in [-0.15, -0.1) is 0 Å². The van der Waals surface area contributed by atoms with Crippen molar-refractivity contribution in [1.82, 2.24) is 4.72 Å². The number of methoxy groups -OCH3 is 1. The van der Waals surface area contributed by atoms with Crippen LogP contribution in [0, 0.1) is 18.6 Å². The first-order valence-electron chi connectivity index (χ1n) is 12.4. The first-order valence-corrected chi connectivity index (χ1v) is 13.6. The number of nitrogens with one attached hydrogen (secondary N) is 1. The number of carbonyl (C=O) groups is 1. The van der Waals surface area contributed by atoms with Gasteiger partial charge in [-0.2, -0.15) is 17.6 Å². The fourth-order valence-corrected chi connectivity index (χ4v) is 4.09. The average molecular weight is 616 g/mol. The van der Waals surface area contributed by atoms with Gasteiger partial charge < -0.3 is 9.47 Å². The summed E-state index contributed by atoms with van der Waals surface area (Å²) in [7, 11) is -0.672. The van der Waals surface area contributed by atoms with Gasteiger partial charge in [-0.05, 0) is 69.2 Å². The van der Waals surface area contributed by atoms with Crippen LogP contribution in [0.4, 0.5) is 26.3 Å². The van der Waals surface area contributed by atoms with Gasteiger partial charge in [0.1, 0.15) is 17.4 Å². The minimum Gasteiger partial charge on any atom is -0.466 e. The van der Waals surface area contributed by atoms with Gasteiger partial charge in [0, 0.05) is 17.7 Å². The molecule has 0 amide bonds. The van der Waals surface area contributed by atoms with Crippen LogP contribution in [0.25, 0.3) is 6.08 Å². The van der Waals surface area contributed by atoms with E-state index < -0.39 is 57.7 Å². The number of esters is 1. The molecule has 12 heteroatoms. The maximum Gasteiger partial charge on any atom is 0.461 e. The molecule has 5 nitrogen and oxygen atoms in total. The number of hydrogen-bond acceptors (Lipinski definition) is 4.